The average Bonchev–Trinajstić information content (AvgIpc) is 3.29. The van der Waals surface area contributed by atoms with E-state index in [1.807, 2.05) is 24.4 Å². The number of hydrogen-bond donors (Lipinski definition) is 4. The molecule has 9 nitrogen and oxygen atoms in total. The molecule has 1 aliphatic heterocycles. The zero-order chi connectivity index (χ0) is 29.7. The molecule has 0 fully saturated rings. The molecule has 1 aliphatic rings. The number of aryl methyl sites for hydroxylation is 1. The van der Waals surface area contributed by atoms with E-state index >= 15 is 0 Å². The number of anilines is 2. The number of nitrogens with zero attached hydrogens (tertiary/aromatic N) is 3. The molecule has 4 aromatic rings. The van der Waals surface area contributed by atoms with E-state index in [0.717, 1.165) is 51.8 Å². The molecule has 1 aromatic carbocycles. The highest BCUT2D eigenvalue weighted by molar-refractivity contribution is 5.95. The third-order valence-corrected chi connectivity index (χ3v) is 5.25. The molecule has 0 saturated carbocycles. The van der Waals surface area contributed by atoms with Gasteiger partial charge in [0.15, 0.2) is 0 Å². The monoisotopic (exact) mass is 567 g/mol. The van der Waals surface area contributed by atoms with Gasteiger partial charge in [0.05, 0.1) is 17.6 Å². The summed E-state index contributed by atoms with van der Waals surface area (Å²) >= 11 is 0. The Balaban J connectivity index is 0.000000263. The second-order valence-corrected chi connectivity index (χ2v) is 7.87. The summed E-state index contributed by atoms with van der Waals surface area (Å²) in [4.78, 5) is 35.1. The van der Waals surface area contributed by atoms with E-state index in [1.165, 1.54) is 5.56 Å². The van der Waals surface area contributed by atoms with Gasteiger partial charge in [0.25, 0.3) is 0 Å². The summed E-state index contributed by atoms with van der Waals surface area (Å²) in [6, 6.07) is 14.4. The van der Waals surface area contributed by atoms with Crippen molar-refractivity contribution in [2.75, 3.05) is 5.32 Å². The number of carboxylic acids is 2. The highest BCUT2D eigenvalue weighted by atomic mass is 19.4. The van der Waals surface area contributed by atoms with Crippen LogP contribution in [0.3, 0.4) is 0 Å². The van der Waals surface area contributed by atoms with Gasteiger partial charge in [-0.3, -0.25) is 4.98 Å². The lowest BCUT2D eigenvalue weighted by atomic mass is 10.1. The SMILES string of the molecule is CCc1ccccc1-c1nc2c([nH]1)-c1ccncc1Nc1ncccc1-2.O=C(O)C(F)(F)F.O=C(O)C(F)(F)F. The largest absolute Gasteiger partial charge is 0.490 e. The van der Waals surface area contributed by atoms with Crippen LogP contribution < -0.4 is 5.32 Å². The number of carbonyl (C=O) groups is 2. The molecule has 4 heterocycles. The summed E-state index contributed by atoms with van der Waals surface area (Å²) in [7, 11) is 0. The molecule has 0 aliphatic carbocycles. The Morgan fingerprint density at radius 1 is 0.850 bits per heavy atom. The zero-order valence-electron chi connectivity index (χ0n) is 20.3. The maximum atomic E-state index is 10.6. The van der Waals surface area contributed by atoms with E-state index in [1.54, 1.807) is 12.4 Å². The van der Waals surface area contributed by atoms with Gasteiger partial charge in [0.1, 0.15) is 17.3 Å². The van der Waals surface area contributed by atoms with Crippen LogP contribution in [0.2, 0.25) is 0 Å². The minimum Gasteiger partial charge on any atom is -0.475 e. The molecule has 5 rings (SSSR count). The molecule has 0 spiro atoms. The number of fused-ring (bicyclic) bond motifs is 5. The van der Waals surface area contributed by atoms with Gasteiger partial charge >= 0.3 is 24.3 Å². The van der Waals surface area contributed by atoms with Crippen LogP contribution in [0.4, 0.5) is 37.8 Å². The van der Waals surface area contributed by atoms with Crippen molar-refractivity contribution in [3.8, 4) is 33.9 Å². The number of hydrogen-bond acceptors (Lipinski definition) is 6. The molecule has 0 bridgehead atoms. The maximum Gasteiger partial charge on any atom is 0.490 e. The van der Waals surface area contributed by atoms with Crippen LogP contribution >= 0.6 is 0 Å². The summed E-state index contributed by atoms with van der Waals surface area (Å²) in [6.07, 6.45) is -3.80. The predicted molar refractivity (Wildman–Crippen MR) is 131 cm³/mol. The smallest absolute Gasteiger partial charge is 0.475 e. The molecular formula is C25H19F6N5O4. The van der Waals surface area contributed by atoms with Gasteiger partial charge in [-0.2, -0.15) is 26.3 Å². The Labute approximate surface area is 221 Å². The second kappa shape index (κ2) is 11.8. The number of aromatic nitrogens is 4. The number of aromatic amines is 1. The van der Waals surface area contributed by atoms with Gasteiger partial charge in [-0.1, -0.05) is 31.2 Å². The van der Waals surface area contributed by atoms with E-state index in [9.17, 15) is 26.3 Å². The average molecular weight is 567 g/mol. The van der Waals surface area contributed by atoms with Gasteiger partial charge in [-0.05, 0) is 30.2 Å². The number of imidazole rings is 1. The third-order valence-electron chi connectivity index (χ3n) is 5.25. The fourth-order valence-electron chi connectivity index (χ4n) is 3.49. The molecule has 0 unspecified atom stereocenters. The predicted octanol–water partition coefficient (Wildman–Crippen LogP) is 6.09. The lowest BCUT2D eigenvalue weighted by Gasteiger charge is -2.08. The second-order valence-electron chi connectivity index (χ2n) is 7.87. The first-order chi connectivity index (χ1) is 18.7. The van der Waals surface area contributed by atoms with E-state index < -0.39 is 24.3 Å². The van der Waals surface area contributed by atoms with Crippen molar-refractivity contribution in [2.24, 2.45) is 0 Å². The molecule has 0 atom stereocenters. The van der Waals surface area contributed by atoms with Gasteiger partial charge in [0.2, 0.25) is 0 Å². The first-order valence-corrected chi connectivity index (χ1v) is 11.2. The molecule has 15 heteroatoms. The van der Waals surface area contributed by atoms with Crippen LogP contribution in [-0.4, -0.2) is 54.4 Å². The van der Waals surface area contributed by atoms with Crippen molar-refractivity contribution < 1.29 is 46.1 Å². The Kier molecular flexibility index (Phi) is 8.76. The molecule has 4 N–H and O–H groups in total. The Hall–Kier alpha value is -4.95. The minimum absolute atomic E-state index is 0.794. The van der Waals surface area contributed by atoms with Gasteiger partial charge in [-0.25, -0.2) is 19.6 Å². The summed E-state index contributed by atoms with van der Waals surface area (Å²) in [5.74, 6) is -3.84. The number of halogens is 6. The van der Waals surface area contributed by atoms with Crippen molar-refractivity contribution in [3.63, 3.8) is 0 Å². The third kappa shape index (κ3) is 6.92. The maximum absolute atomic E-state index is 10.6. The first kappa shape index (κ1) is 29.6. The lowest BCUT2D eigenvalue weighted by molar-refractivity contribution is -0.193. The van der Waals surface area contributed by atoms with E-state index in [0.29, 0.717) is 0 Å². The molecule has 40 heavy (non-hydrogen) atoms. The molecule has 3 aromatic heterocycles. The highest BCUT2D eigenvalue weighted by Gasteiger charge is 2.38. The van der Waals surface area contributed by atoms with Crippen LogP contribution in [-0.2, 0) is 16.0 Å². The Morgan fingerprint density at radius 2 is 1.45 bits per heavy atom. The van der Waals surface area contributed by atoms with E-state index in [-0.39, 0.29) is 0 Å². The lowest BCUT2D eigenvalue weighted by Crippen LogP contribution is -2.21. The van der Waals surface area contributed by atoms with Gasteiger partial charge < -0.3 is 20.5 Å². The van der Waals surface area contributed by atoms with Crippen LogP contribution in [0.1, 0.15) is 12.5 Å². The van der Waals surface area contributed by atoms with Crippen molar-refractivity contribution in [2.45, 2.75) is 25.7 Å². The summed E-state index contributed by atoms with van der Waals surface area (Å²) in [6.45, 7) is 2.16. The quantitative estimate of drug-likeness (QED) is 0.188. The number of aliphatic carboxylic acids is 2. The van der Waals surface area contributed by atoms with Crippen LogP contribution in [0, 0.1) is 0 Å². The molecule has 0 radical (unpaired) electrons. The zero-order valence-corrected chi connectivity index (χ0v) is 20.3. The van der Waals surface area contributed by atoms with E-state index in [4.69, 9.17) is 24.8 Å². The summed E-state index contributed by atoms with van der Waals surface area (Å²) in [5, 5.41) is 17.6. The van der Waals surface area contributed by atoms with Crippen molar-refractivity contribution in [3.05, 3.63) is 66.6 Å². The van der Waals surface area contributed by atoms with Crippen molar-refractivity contribution >= 4 is 23.4 Å². The Bertz CT molecular complexity index is 1430. The number of carboxylic acid groups (broad SMARTS) is 2. The number of nitrogens with one attached hydrogen (secondary N) is 2. The molecular weight excluding hydrogens is 548 g/mol. The molecule has 0 amide bonds. The number of pyridine rings is 2. The van der Waals surface area contributed by atoms with Gasteiger partial charge in [-0.15, -0.1) is 0 Å². The Morgan fingerprint density at radius 3 is 2.05 bits per heavy atom. The highest BCUT2D eigenvalue weighted by Crippen LogP contribution is 2.42. The number of H-pyrrole nitrogens is 1. The summed E-state index contributed by atoms with van der Waals surface area (Å²) < 4.78 is 63.5. The standard InChI is InChI=1S/C21H17N5.2C2HF3O2/c1-2-13-6-3-4-7-14(13)21-25-18-15-9-11-22-12-17(15)24-20-16(19(18)26-21)8-5-10-23-20;2*3-2(4,5)1(6)7/h3-12H,2H2,1H3,(H,23,24)(H,25,26);2*(H,6,7). The topological polar surface area (TPSA) is 141 Å². The number of rotatable bonds is 2. The number of benzene rings is 1. The first-order valence-electron chi connectivity index (χ1n) is 11.2. The minimum atomic E-state index is -5.08. The van der Waals surface area contributed by atoms with Crippen LogP contribution in [0.25, 0.3) is 33.9 Å². The number of alkyl halides is 6. The van der Waals surface area contributed by atoms with E-state index in [2.05, 4.69) is 51.5 Å². The fourth-order valence-corrected chi connectivity index (χ4v) is 3.49. The van der Waals surface area contributed by atoms with Gasteiger partial charge in [0, 0.05) is 29.1 Å². The van der Waals surface area contributed by atoms with Crippen molar-refractivity contribution in [1.29, 1.82) is 0 Å². The summed E-state index contributed by atoms with van der Waals surface area (Å²) in [5.41, 5.74) is 7.25. The molecule has 210 valence electrons. The van der Waals surface area contributed by atoms with Crippen molar-refractivity contribution in [1.82, 2.24) is 19.9 Å². The fraction of sp³-hybridized carbons (Fsp3) is 0.160. The molecule has 0 saturated heterocycles. The van der Waals surface area contributed by atoms with Crippen LogP contribution in [0.15, 0.2) is 61.1 Å². The van der Waals surface area contributed by atoms with Crippen LogP contribution in [0.5, 0.6) is 0 Å². The normalized spacial score (nSPS) is 11.6.